The van der Waals surface area contributed by atoms with E-state index in [0.29, 0.717) is 5.76 Å². The lowest BCUT2D eigenvalue weighted by molar-refractivity contribution is 0.0824. The number of carbonyl (C=O) groups is 1. The van der Waals surface area contributed by atoms with Crippen LogP contribution in [0.4, 0.5) is 17.1 Å². The van der Waals surface area contributed by atoms with Crippen LogP contribution in [-0.2, 0) is 0 Å². The summed E-state index contributed by atoms with van der Waals surface area (Å²) in [6.07, 6.45) is 0.790. The molecule has 3 N–H and O–H groups in total. The fraction of sp³-hybridized carbons (Fsp3) is 0.375. The highest BCUT2D eigenvalue weighted by atomic mass is 16.3. The minimum absolute atomic E-state index is 0.0416. The molecule has 1 unspecified atom stereocenters. The Morgan fingerprint density at radius 2 is 1.78 bits per heavy atom. The number of nitrogens with zero attached hydrogens (tertiary/aromatic N) is 1. The maximum absolute atomic E-state index is 12.4. The van der Waals surface area contributed by atoms with Crippen LogP contribution in [0.15, 0.2) is 44.3 Å². The summed E-state index contributed by atoms with van der Waals surface area (Å²) < 4.78 is 5.82. The third kappa shape index (κ3) is 4.12. The molecule has 1 heterocycles. The van der Waals surface area contributed by atoms with Gasteiger partial charge in [0.05, 0.1) is 17.3 Å². The Balaban J connectivity index is 1.97. The molecule has 0 saturated heterocycles. The van der Waals surface area contributed by atoms with Crippen LogP contribution in [0.25, 0.3) is 0 Å². The smallest absolute Gasteiger partial charge is 0.257 e. The van der Waals surface area contributed by atoms with E-state index in [-0.39, 0.29) is 45.7 Å². The van der Waals surface area contributed by atoms with Gasteiger partial charge in [-0.1, -0.05) is 26.8 Å². The topological polar surface area (TPSA) is 112 Å². The molecule has 0 fully saturated rings. The molecule has 8 heteroatoms. The molecule has 1 aromatic heterocycles. The van der Waals surface area contributed by atoms with Gasteiger partial charge >= 0.3 is 0 Å². The number of hydrogen-bond donors (Lipinski definition) is 3. The molecule has 1 amide bonds. The van der Waals surface area contributed by atoms with Gasteiger partial charge < -0.3 is 25.1 Å². The summed E-state index contributed by atoms with van der Waals surface area (Å²) in [5.74, 6) is 0.730. The number of anilines is 3. The van der Waals surface area contributed by atoms with Crippen LogP contribution in [-0.4, -0.2) is 30.0 Å². The molecule has 0 radical (unpaired) electrons. The lowest BCUT2D eigenvalue weighted by atomic mass is 9.80. The second-order valence-electron chi connectivity index (χ2n) is 8.80. The van der Waals surface area contributed by atoms with E-state index < -0.39 is 10.9 Å². The predicted octanol–water partition coefficient (Wildman–Crippen LogP) is 3.92. The van der Waals surface area contributed by atoms with Crippen molar-refractivity contribution < 1.29 is 14.3 Å². The number of rotatable bonds is 8. The third-order valence-corrected chi connectivity index (χ3v) is 5.87. The summed E-state index contributed by atoms with van der Waals surface area (Å²) >= 11 is 0. The van der Waals surface area contributed by atoms with Crippen LogP contribution in [0.1, 0.15) is 55.1 Å². The van der Waals surface area contributed by atoms with E-state index in [2.05, 4.69) is 10.6 Å². The third-order valence-electron chi connectivity index (χ3n) is 5.87. The van der Waals surface area contributed by atoms with E-state index in [1.165, 1.54) is 17.0 Å². The Morgan fingerprint density at radius 1 is 1.12 bits per heavy atom. The number of phenols is 1. The molecule has 2 aromatic carbocycles. The SMILES string of the molecule is CCC(C)(C)C(Nc1c(Nc2cccc(C(=O)N(C)C)c2O)c(=O)c1=O)c1ccc(C)o1. The first-order valence-electron chi connectivity index (χ1n) is 10.4. The highest BCUT2D eigenvalue weighted by Gasteiger charge is 2.35. The van der Waals surface area contributed by atoms with E-state index >= 15 is 0 Å². The summed E-state index contributed by atoms with van der Waals surface area (Å²) in [4.78, 5) is 38.4. The van der Waals surface area contributed by atoms with Gasteiger partial charge in [-0.3, -0.25) is 14.4 Å². The van der Waals surface area contributed by atoms with Crippen LogP contribution < -0.4 is 21.5 Å². The lowest BCUT2D eigenvalue weighted by Gasteiger charge is -2.34. The maximum atomic E-state index is 12.4. The van der Waals surface area contributed by atoms with Crippen molar-refractivity contribution in [3.63, 3.8) is 0 Å². The lowest BCUT2D eigenvalue weighted by Crippen LogP contribution is -2.39. The van der Waals surface area contributed by atoms with Crippen molar-refractivity contribution in [1.29, 1.82) is 0 Å². The first-order chi connectivity index (χ1) is 15.0. The van der Waals surface area contributed by atoms with Crippen LogP contribution in [0.2, 0.25) is 0 Å². The second-order valence-corrected chi connectivity index (χ2v) is 8.80. The molecule has 170 valence electrons. The predicted molar refractivity (Wildman–Crippen MR) is 125 cm³/mol. The summed E-state index contributed by atoms with van der Waals surface area (Å²) in [5.41, 5.74) is -1.22. The van der Waals surface area contributed by atoms with Gasteiger partial charge in [-0.25, -0.2) is 0 Å². The van der Waals surface area contributed by atoms with Crippen molar-refractivity contribution in [2.75, 3.05) is 24.7 Å². The molecule has 0 spiro atoms. The Bertz CT molecular complexity index is 1220. The number of amides is 1. The fourth-order valence-corrected chi connectivity index (χ4v) is 3.45. The summed E-state index contributed by atoms with van der Waals surface area (Å²) in [6.45, 7) is 7.97. The van der Waals surface area contributed by atoms with Crippen molar-refractivity contribution in [3.05, 3.63) is 67.9 Å². The van der Waals surface area contributed by atoms with Gasteiger partial charge in [-0.2, -0.15) is 0 Å². The fourth-order valence-electron chi connectivity index (χ4n) is 3.45. The second kappa shape index (κ2) is 8.53. The summed E-state index contributed by atoms with van der Waals surface area (Å²) in [6, 6.07) is 7.95. The molecule has 3 aromatic rings. The maximum Gasteiger partial charge on any atom is 0.257 e. The average molecular weight is 440 g/mol. The first kappa shape index (κ1) is 23.1. The highest BCUT2D eigenvalue weighted by molar-refractivity contribution is 5.99. The molecule has 0 bridgehead atoms. The number of carbonyl (C=O) groups excluding carboxylic acids is 1. The molecule has 0 saturated carbocycles. The first-order valence-corrected chi connectivity index (χ1v) is 10.4. The standard InChI is InChI=1S/C24H29N3O5/c1-7-24(3,4)22(16-12-11-13(2)32-16)26-18-17(20(29)21(18)30)25-15-10-8-9-14(19(15)28)23(31)27(5)6/h8-12,22,25-26,28H,7H2,1-6H3. The van der Waals surface area contributed by atoms with Crippen LogP contribution in [0, 0.1) is 12.3 Å². The van der Waals surface area contributed by atoms with Crippen molar-refractivity contribution in [2.45, 2.75) is 40.2 Å². The molecular weight excluding hydrogens is 410 g/mol. The molecule has 8 nitrogen and oxygen atoms in total. The Kier molecular flexibility index (Phi) is 6.16. The highest BCUT2D eigenvalue weighted by Crippen LogP contribution is 2.41. The largest absolute Gasteiger partial charge is 0.505 e. The van der Waals surface area contributed by atoms with Gasteiger partial charge in [0, 0.05) is 14.1 Å². The number of nitrogens with one attached hydrogen (secondary N) is 2. The van der Waals surface area contributed by atoms with E-state index in [1.54, 1.807) is 20.2 Å². The zero-order valence-electron chi connectivity index (χ0n) is 19.2. The van der Waals surface area contributed by atoms with Gasteiger partial charge in [-0.05, 0) is 43.0 Å². The van der Waals surface area contributed by atoms with Crippen LogP contribution >= 0.6 is 0 Å². The number of aromatic hydroxyl groups is 1. The zero-order chi connectivity index (χ0) is 23.8. The van der Waals surface area contributed by atoms with Crippen LogP contribution in [0.5, 0.6) is 5.75 Å². The molecule has 0 aliphatic heterocycles. The van der Waals surface area contributed by atoms with Crippen molar-refractivity contribution in [1.82, 2.24) is 4.90 Å². The van der Waals surface area contributed by atoms with Crippen molar-refractivity contribution >= 4 is 23.0 Å². The normalized spacial score (nSPS) is 12.6. The molecule has 3 rings (SSSR count). The number of benzene rings is 1. The van der Waals surface area contributed by atoms with Crippen LogP contribution in [0.3, 0.4) is 0 Å². The number of hydrogen-bond acceptors (Lipinski definition) is 7. The van der Waals surface area contributed by atoms with Gasteiger partial charge in [0.2, 0.25) is 0 Å². The summed E-state index contributed by atoms with van der Waals surface area (Å²) in [7, 11) is 3.15. The number of phenolic OH excluding ortho intramolecular Hbond substituents is 1. The quantitative estimate of drug-likeness (QED) is 0.360. The molecule has 0 aliphatic carbocycles. The van der Waals surface area contributed by atoms with Crippen molar-refractivity contribution in [2.24, 2.45) is 5.41 Å². The van der Waals surface area contributed by atoms with E-state index in [4.69, 9.17) is 4.42 Å². The van der Waals surface area contributed by atoms with E-state index in [1.807, 2.05) is 39.8 Å². The van der Waals surface area contributed by atoms with E-state index in [9.17, 15) is 19.5 Å². The van der Waals surface area contributed by atoms with Gasteiger partial charge in [0.25, 0.3) is 16.8 Å². The van der Waals surface area contributed by atoms with Gasteiger partial charge in [-0.15, -0.1) is 0 Å². The number of aryl methyl sites for hydroxylation is 1. The van der Waals surface area contributed by atoms with Crippen molar-refractivity contribution in [3.8, 4) is 5.75 Å². The molecule has 0 aliphatic rings. The Morgan fingerprint density at radius 3 is 2.34 bits per heavy atom. The monoisotopic (exact) mass is 439 g/mol. The van der Waals surface area contributed by atoms with Gasteiger partial charge in [0.1, 0.15) is 22.9 Å². The average Bonchev–Trinajstić information content (AvgIpc) is 3.18. The molecular formula is C24H29N3O5. The zero-order valence-corrected chi connectivity index (χ0v) is 19.2. The minimum Gasteiger partial charge on any atom is -0.505 e. The Hall–Kier alpha value is -3.55. The minimum atomic E-state index is -0.695. The summed E-state index contributed by atoms with van der Waals surface area (Å²) in [5, 5.41) is 16.6. The number of furan rings is 1. The molecule has 1 atom stereocenters. The number of para-hydroxylation sites is 1. The molecule has 32 heavy (non-hydrogen) atoms. The van der Waals surface area contributed by atoms with Gasteiger partial charge in [0.15, 0.2) is 5.75 Å². The van der Waals surface area contributed by atoms with E-state index in [0.717, 1.165) is 12.2 Å². The Labute approximate surface area is 186 Å².